The highest BCUT2D eigenvalue weighted by molar-refractivity contribution is 7.72. The first-order valence-electron chi connectivity index (χ1n) is 4.82. The molecule has 0 aliphatic heterocycles. The van der Waals surface area contributed by atoms with E-state index in [0.29, 0.717) is 0 Å². The molecule has 0 fully saturated rings. The van der Waals surface area contributed by atoms with Gasteiger partial charge in [0.2, 0.25) is 0 Å². The minimum absolute atomic E-state index is 0. The molecular weight excluding hydrogens is 267 g/mol. The molecule has 0 bridgehead atoms. The van der Waals surface area contributed by atoms with Crippen LogP contribution in [0.1, 0.15) is 0 Å². The van der Waals surface area contributed by atoms with E-state index in [2.05, 4.69) is 67.3 Å². The highest BCUT2D eigenvalue weighted by Crippen LogP contribution is 2.27. The molecule has 2 aromatic carbocycles. The Kier molecular flexibility index (Phi) is 5.01. The Bertz CT molecular complexity index is 346. The molecule has 0 nitrogen and oxygen atoms in total. The Balaban J connectivity index is 0.00000112. The van der Waals surface area contributed by atoms with Crippen LogP contribution in [0.4, 0.5) is 0 Å². The minimum Gasteiger partial charge on any atom is -1.00 e. The molecule has 0 spiro atoms. The minimum atomic E-state index is -0.545. The number of hydrogen-bond donors (Lipinski definition) is 0. The van der Waals surface area contributed by atoms with E-state index in [1.165, 1.54) is 10.6 Å². The lowest BCUT2D eigenvalue weighted by Gasteiger charge is -2.03. The van der Waals surface area contributed by atoms with Crippen LogP contribution in [-0.4, -0.2) is 6.66 Å². The molecule has 0 radical (unpaired) electrons. The molecule has 0 aliphatic carbocycles. The molecule has 2 rings (SSSR count). The first-order valence-corrected chi connectivity index (χ1v) is 6.82. The molecule has 0 heterocycles. The SMILES string of the molecule is C[PH+](c1ccccc1)c1ccccc1.[Br-]. The molecule has 0 unspecified atom stereocenters. The van der Waals surface area contributed by atoms with Crippen molar-refractivity contribution in [3.63, 3.8) is 0 Å². The van der Waals surface area contributed by atoms with Crippen LogP contribution in [0.5, 0.6) is 0 Å². The Morgan fingerprint density at radius 3 is 1.33 bits per heavy atom. The third-order valence-corrected chi connectivity index (χ3v) is 4.81. The van der Waals surface area contributed by atoms with Crippen molar-refractivity contribution in [1.29, 1.82) is 0 Å². The summed E-state index contributed by atoms with van der Waals surface area (Å²) in [6.07, 6.45) is 0. The number of rotatable bonds is 2. The summed E-state index contributed by atoms with van der Waals surface area (Å²) < 4.78 is 0. The van der Waals surface area contributed by atoms with Crippen molar-refractivity contribution in [2.24, 2.45) is 0 Å². The lowest BCUT2D eigenvalue weighted by molar-refractivity contribution is -0.00000274. The largest absolute Gasteiger partial charge is 1.00 e. The fourth-order valence-corrected chi connectivity index (χ4v) is 3.26. The Labute approximate surface area is 103 Å². The van der Waals surface area contributed by atoms with Gasteiger partial charge in [0.1, 0.15) is 0 Å². The zero-order valence-electron chi connectivity index (χ0n) is 8.65. The van der Waals surface area contributed by atoms with Crippen LogP contribution in [0.25, 0.3) is 0 Å². The van der Waals surface area contributed by atoms with Crippen molar-refractivity contribution >= 4 is 18.5 Å². The maximum absolute atomic E-state index is 2.34. The van der Waals surface area contributed by atoms with Crippen molar-refractivity contribution in [2.45, 2.75) is 0 Å². The number of halogens is 1. The van der Waals surface area contributed by atoms with Gasteiger partial charge in [-0.1, -0.05) is 36.4 Å². The van der Waals surface area contributed by atoms with Crippen LogP contribution in [0.3, 0.4) is 0 Å². The van der Waals surface area contributed by atoms with Gasteiger partial charge in [0.25, 0.3) is 0 Å². The van der Waals surface area contributed by atoms with E-state index in [0.717, 1.165) is 0 Å². The predicted octanol–water partition coefficient (Wildman–Crippen LogP) is -0.515. The standard InChI is InChI=1S/C13H13P.BrH/c1-14(12-8-4-2-5-9-12)13-10-6-3-7-11-13;/h2-11H,1H3;1H. The van der Waals surface area contributed by atoms with E-state index in [-0.39, 0.29) is 17.0 Å². The van der Waals surface area contributed by atoms with Crippen LogP contribution in [-0.2, 0) is 0 Å². The van der Waals surface area contributed by atoms with Crippen LogP contribution in [0.2, 0.25) is 0 Å². The molecule has 78 valence electrons. The molecule has 0 saturated carbocycles. The molecule has 0 N–H and O–H groups in total. The maximum atomic E-state index is 2.34. The summed E-state index contributed by atoms with van der Waals surface area (Å²) in [5.41, 5.74) is 0. The third-order valence-electron chi connectivity index (χ3n) is 2.41. The van der Waals surface area contributed by atoms with Gasteiger partial charge in [0.05, 0.1) is 25.2 Å². The zero-order valence-corrected chi connectivity index (χ0v) is 11.2. The van der Waals surface area contributed by atoms with Crippen molar-refractivity contribution in [1.82, 2.24) is 0 Å². The first kappa shape index (κ1) is 12.4. The smallest absolute Gasteiger partial charge is 0.0964 e. The van der Waals surface area contributed by atoms with Crippen LogP contribution in [0, 0.1) is 0 Å². The highest BCUT2D eigenvalue weighted by atomic mass is 79.9. The summed E-state index contributed by atoms with van der Waals surface area (Å²) in [7, 11) is -0.545. The van der Waals surface area contributed by atoms with Gasteiger partial charge in [-0.15, -0.1) is 0 Å². The molecule has 0 atom stereocenters. The average molecular weight is 281 g/mol. The summed E-state index contributed by atoms with van der Waals surface area (Å²) >= 11 is 0. The highest BCUT2D eigenvalue weighted by Gasteiger charge is 2.14. The Morgan fingerprint density at radius 1 is 0.667 bits per heavy atom. The summed E-state index contributed by atoms with van der Waals surface area (Å²) in [6.45, 7) is 2.34. The van der Waals surface area contributed by atoms with Crippen LogP contribution < -0.4 is 27.6 Å². The van der Waals surface area contributed by atoms with E-state index in [9.17, 15) is 0 Å². The van der Waals surface area contributed by atoms with Crippen molar-refractivity contribution in [2.75, 3.05) is 6.66 Å². The van der Waals surface area contributed by atoms with Crippen molar-refractivity contribution in [3.8, 4) is 0 Å². The van der Waals surface area contributed by atoms with Crippen LogP contribution >= 0.6 is 7.92 Å². The van der Waals surface area contributed by atoms with Gasteiger partial charge in [0, 0.05) is 0 Å². The van der Waals surface area contributed by atoms with Gasteiger partial charge in [-0.2, -0.15) is 0 Å². The second-order valence-corrected chi connectivity index (χ2v) is 5.76. The normalized spacial score (nSPS) is 9.73. The van der Waals surface area contributed by atoms with E-state index in [4.69, 9.17) is 0 Å². The van der Waals surface area contributed by atoms with Gasteiger partial charge in [0.15, 0.2) is 0 Å². The molecule has 2 aromatic rings. The van der Waals surface area contributed by atoms with Crippen molar-refractivity contribution in [3.05, 3.63) is 60.7 Å². The lowest BCUT2D eigenvalue weighted by atomic mass is 10.4. The van der Waals surface area contributed by atoms with E-state index in [1.807, 2.05) is 0 Å². The molecule has 0 saturated heterocycles. The molecule has 15 heavy (non-hydrogen) atoms. The summed E-state index contributed by atoms with van der Waals surface area (Å²) in [5, 5.41) is 2.95. The molecule has 0 aliphatic rings. The number of benzene rings is 2. The zero-order chi connectivity index (χ0) is 9.80. The second-order valence-electron chi connectivity index (χ2n) is 3.36. The Hall–Kier alpha value is -0.650. The van der Waals surface area contributed by atoms with Crippen molar-refractivity contribution < 1.29 is 17.0 Å². The molecule has 0 aromatic heterocycles. The van der Waals surface area contributed by atoms with Gasteiger partial charge < -0.3 is 17.0 Å². The van der Waals surface area contributed by atoms with E-state index >= 15 is 0 Å². The van der Waals surface area contributed by atoms with Gasteiger partial charge >= 0.3 is 0 Å². The summed E-state index contributed by atoms with van der Waals surface area (Å²) in [6, 6.07) is 21.5. The fourth-order valence-electron chi connectivity index (χ4n) is 1.54. The quantitative estimate of drug-likeness (QED) is 0.650. The molecule has 0 amide bonds. The van der Waals surface area contributed by atoms with Crippen LogP contribution in [0.15, 0.2) is 60.7 Å². The topological polar surface area (TPSA) is 0 Å². The van der Waals surface area contributed by atoms with Gasteiger partial charge in [-0.3, -0.25) is 0 Å². The second kappa shape index (κ2) is 6.05. The van der Waals surface area contributed by atoms with Gasteiger partial charge in [-0.05, 0) is 24.3 Å². The Morgan fingerprint density at radius 2 is 1.00 bits per heavy atom. The fraction of sp³-hybridized carbons (Fsp3) is 0.0769. The maximum Gasteiger partial charge on any atom is 0.0964 e. The monoisotopic (exact) mass is 280 g/mol. The molecule has 2 heteroatoms. The predicted molar refractivity (Wildman–Crippen MR) is 66.4 cm³/mol. The molecular formula is C13H14BrP. The van der Waals surface area contributed by atoms with E-state index < -0.39 is 7.92 Å². The summed E-state index contributed by atoms with van der Waals surface area (Å²) in [5.74, 6) is 0. The van der Waals surface area contributed by atoms with Gasteiger partial charge in [-0.25, -0.2) is 0 Å². The first-order chi connectivity index (χ1) is 6.88. The summed E-state index contributed by atoms with van der Waals surface area (Å²) in [4.78, 5) is 0. The lowest BCUT2D eigenvalue weighted by Crippen LogP contribution is -3.00. The average Bonchev–Trinajstić information content (AvgIpc) is 2.30. The third kappa shape index (κ3) is 3.15. The number of hydrogen-bond acceptors (Lipinski definition) is 0. The van der Waals surface area contributed by atoms with E-state index in [1.54, 1.807) is 0 Å².